The topological polar surface area (TPSA) is 54.4 Å². The highest BCUT2D eigenvalue weighted by atomic mass is 32.2. The monoisotopic (exact) mass is 228 g/mol. The summed E-state index contributed by atoms with van der Waals surface area (Å²) >= 11 is 0. The zero-order chi connectivity index (χ0) is 11.5. The maximum Gasteiger partial charge on any atom is 0.178 e. The third kappa shape index (κ3) is 3.32. The lowest BCUT2D eigenvalue weighted by atomic mass is 10.2. The zero-order valence-corrected chi connectivity index (χ0v) is 9.79. The predicted molar refractivity (Wildman–Crippen MR) is 59.3 cm³/mol. The highest BCUT2D eigenvalue weighted by molar-refractivity contribution is 7.91. The van der Waals surface area contributed by atoms with Gasteiger partial charge in [-0.3, -0.25) is 0 Å². The quantitative estimate of drug-likeness (QED) is 0.851. The number of sulfone groups is 1. The summed E-state index contributed by atoms with van der Waals surface area (Å²) in [5.74, 6) is 0.276. The molecule has 1 rings (SSSR count). The molecule has 1 aromatic rings. The molecule has 0 aliphatic heterocycles. The Hall–Kier alpha value is -0.870. The second-order valence-corrected chi connectivity index (χ2v) is 6.01. The molecule has 0 radical (unpaired) electrons. The van der Waals surface area contributed by atoms with E-state index in [1.165, 1.54) is 0 Å². The van der Waals surface area contributed by atoms with Crippen LogP contribution in [0.25, 0.3) is 0 Å². The zero-order valence-electron chi connectivity index (χ0n) is 8.97. The highest BCUT2D eigenvalue weighted by Gasteiger charge is 2.15. The summed E-state index contributed by atoms with van der Waals surface area (Å²) in [6.07, 6.45) is 0. The number of rotatable bonds is 4. The lowest BCUT2D eigenvalue weighted by molar-refractivity contribution is 0.282. The fourth-order valence-electron chi connectivity index (χ4n) is 1.34. The van der Waals surface area contributed by atoms with E-state index in [9.17, 15) is 8.42 Å². The van der Waals surface area contributed by atoms with Crippen LogP contribution in [0.1, 0.15) is 19.4 Å². The van der Waals surface area contributed by atoms with E-state index in [0.717, 1.165) is 5.56 Å². The molecule has 0 heterocycles. The number of aliphatic hydroxyl groups is 1. The van der Waals surface area contributed by atoms with Gasteiger partial charge in [0.15, 0.2) is 9.84 Å². The first-order chi connectivity index (χ1) is 6.95. The van der Waals surface area contributed by atoms with Crippen molar-refractivity contribution in [1.82, 2.24) is 0 Å². The first-order valence-corrected chi connectivity index (χ1v) is 6.53. The molecule has 0 atom stereocenters. The molecule has 0 saturated heterocycles. The Balaban J connectivity index is 2.96. The minimum absolute atomic E-state index is 0.0650. The Morgan fingerprint density at radius 2 is 1.73 bits per heavy atom. The molecule has 1 N–H and O–H groups in total. The van der Waals surface area contributed by atoms with Crippen LogP contribution in [0, 0.1) is 5.92 Å². The fraction of sp³-hybridized carbons (Fsp3) is 0.455. The summed E-state index contributed by atoms with van der Waals surface area (Å²) in [5.41, 5.74) is 0.721. The summed E-state index contributed by atoms with van der Waals surface area (Å²) in [7, 11) is -3.17. The van der Waals surface area contributed by atoms with Gasteiger partial charge in [0.25, 0.3) is 0 Å². The summed E-state index contributed by atoms with van der Waals surface area (Å²) < 4.78 is 23.6. The molecular weight excluding hydrogens is 212 g/mol. The molecule has 4 heteroatoms. The normalized spacial score (nSPS) is 12.0. The Bertz CT molecular complexity index is 404. The lowest BCUT2D eigenvalue weighted by Gasteiger charge is -2.07. The largest absolute Gasteiger partial charge is 0.392 e. The average Bonchev–Trinajstić information content (AvgIpc) is 2.16. The van der Waals surface area contributed by atoms with Crippen molar-refractivity contribution in [1.29, 1.82) is 0 Å². The molecule has 0 spiro atoms. The Kier molecular flexibility index (Phi) is 3.88. The summed E-state index contributed by atoms with van der Waals surface area (Å²) in [4.78, 5) is 0.327. The van der Waals surface area contributed by atoms with Gasteiger partial charge in [-0.15, -0.1) is 0 Å². The maximum absolute atomic E-state index is 11.8. The molecular formula is C11H16O3S. The van der Waals surface area contributed by atoms with Gasteiger partial charge in [-0.05, 0) is 23.6 Å². The molecule has 3 nitrogen and oxygen atoms in total. The van der Waals surface area contributed by atoms with Crippen molar-refractivity contribution in [2.75, 3.05) is 5.75 Å². The molecule has 0 fully saturated rings. The van der Waals surface area contributed by atoms with Gasteiger partial charge in [0.05, 0.1) is 17.3 Å². The molecule has 0 saturated carbocycles. The van der Waals surface area contributed by atoms with Crippen LogP contribution in [0.4, 0.5) is 0 Å². The van der Waals surface area contributed by atoms with Gasteiger partial charge in [0, 0.05) is 0 Å². The first-order valence-electron chi connectivity index (χ1n) is 4.88. The van der Waals surface area contributed by atoms with Crippen LogP contribution in [0.15, 0.2) is 29.2 Å². The van der Waals surface area contributed by atoms with E-state index in [0.29, 0.717) is 4.90 Å². The van der Waals surface area contributed by atoms with Crippen molar-refractivity contribution in [3.05, 3.63) is 29.8 Å². The van der Waals surface area contributed by atoms with E-state index in [-0.39, 0.29) is 18.3 Å². The minimum atomic E-state index is -3.17. The van der Waals surface area contributed by atoms with Crippen molar-refractivity contribution in [2.45, 2.75) is 25.3 Å². The lowest BCUT2D eigenvalue weighted by Crippen LogP contribution is -2.11. The molecule has 0 aromatic heterocycles. The predicted octanol–water partition coefficient (Wildman–Crippen LogP) is 1.61. The Morgan fingerprint density at radius 3 is 2.13 bits per heavy atom. The third-order valence-corrected chi connectivity index (χ3v) is 4.11. The standard InChI is InChI=1S/C11H16O3S/c1-9(2)8-15(13,14)11-5-3-10(7-12)4-6-11/h3-6,9,12H,7-8H2,1-2H3. The number of benzene rings is 1. The van der Waals surface area contributed by atoms with Crippen LogP contribution in [0.3, 0.4) is 0 Å². The number of hydrogen-bond acceptors (Lipinski definition) is 3. The van der Waals surface area contributed by atoms with Gasteiger partial charge < -0.3 is 5.11 Å². The molecule has 15 heavy (non-hydrogen) atoms. The third-order valence-electron chi connectivity index (χ3n) is 2.02. The van der Waals surface area contributed by atoms with Crippen LogP contribution in [0.2, 0.25) is 0 Å². The Morgan fingerprint density at radius 1 is 1.20 bits per heavy atom. The number of aliphatic hydroxyl groups excluding tert-OH is 1. The van der Waals surface area contributed by atoms with Crippen molar-refractivity contribution >= 4 is 9.84 Å². The van der Waals surface area contributed by atoms with Gasteiger partial charge in [0.1, 0.15) is 0 Å². The van der Waals surface area contributed by atoms with Crippen LogP contribution < -0.4 is 0 Å². The van der Waals surface area contributed by atoms with Gasteiger partial charge in [-0.25, -0.2) is 8.42 Å². The average molecular weight is 228 g/mol. The van der Waals surface area contributed by atoms with E-state index < -0.39 is 9.84 Å². The van der Waals surface area contributed by atoms with Crippen LogP contribution in [0.5, 0.6) is 0 Å². The fourth-order valence-corrected chi connectivity index (χ4v) is 2.96. The second kappa shape index (κ2) is 4.77. The molecule has 1 aromatic carbocycles. The van der Waals surface area contributed by atoms with Crippen molar-refractivity contribution in [2.24, 2.45) is 5.92 Å². The van der Waals surface area contributed by atoms with Gasteiger partial charge >= 0.3 is 0 Å². The minimum Gasteiger partial charge on any atom is -0.392 e. The molecule has 0 amide bonds. The highest BCUT2D eigenvalue weighted by Crippen LogP contribution is 2.15. The van der Waals surface area contributed by atoms with Gasteiger partial charge in [0.2, 0.25) is 0 Å². The van der Waals surface area contributed by atoms with E-state index >= 15 is 0 Å². The molecule has 84 valence electrons. The first kappa shape index (κ1) is 12.2. The van der Waals surface area contributed by atoms with Gasteiger partial charge in [-0.1, -0.05) is 26.0 Å². The molecule has 0 aliphatic rings. The SMILES string of the molecule is CC(C)CS(=O)(=O)c1ccc(CO)cc1. The second-order valence-electron chi connectivity index (χ2n) is 3.98. The van der Waals surface area contributed by atoms with E-state index in [2.05, 4.69) is 0 Å². The van der Waals surface area contributed by atoms with Crippen LogP contribution in [-0.2, 0) is 16.4 Å². The van der Waals surface area contributed by atoms with Crippen LogP contribution in [-0.4, -0.2) is 19.3 Å². The summed E-state index contributed by atoms with van der Waals surface area (Å²) in [6.45, 7) is 3.68. The Labute approximate surface area is 90.7 Å². The van der Waals surface area contributed by atoms with E-state index in [1.54, 1.807) is 24.3 Å². The van der Waals surface area contributed by atoms with Crippen molar-refractivity contribution in [3.63, 3.8) is 0 Å². The van der Waals surface area contributed by atoms with Crippen molar-refractivity contribution < 1.29 is 13.5 Å². The number of hydrogen-bond donors (Lipinski definition) is 1. The van der Waals surface area contributed by atoms with Crippen molar-refractivity contribution in [3.8, 4) is 0 Å². The van der Waals surface area contributed by atoms with E-state index in [1.807, 2.05) is 13.8 Å². The van der Waals surface area contributed by atoms with Crippen LogP contribution >= 0.6 is 0 Å². The molecule has 0 unspecified atom stereocenters. The molecule has 0 bridgehead atoms. The summed E-state index contributed by atoms with van der Waals surface area (Å²) in [6, 6.07) is 6.35. The maximum atomic E-state index is 11.8. The van der Waals surface area contributed by atoms with E-state index in [4.69, 9.17) is 5.11 Å². The smallest absolute Gasteiger partial charge is 0.178 e. The molecule has 0 aliphatic carbocycles. The van der Waals surface area contributed by atoms with Gasteiger partial charge in [-0.2, -0.15) is 0 Å². The summed E-state index contributed by atoms with van der Waals surface area (Å²) in [5, 5.41) is 8.83.